The third-order valence-corrected chi connectivity index (χ3v) is 8.48. The van der Waals surface area contributed by atoms with E-state index in [4.69, 9.17) is 16.3 Å². The number of nitrogens with zero attached hydrogens (tertiary/aromatic N) is 6. The van der Waals surface area contributed by atoms with E-state index in [-0.39, 0.29) is 17.9 Å². The normalized spacial score (nSPS) is 17.7. The molecule has 2 atom stereocenters. The molecule has 0 unspecified atom stereocenters. The number of anilines is 2. The maximum absolute atomic E-state index is 13.5. The molecule has 13 nitrogen and oxygen atoms in total. The number of hydrogen-bond donors (Lipinski definition) is 3. The highest BCUT2D eigenvalue weighted by Crippen LogP contribution is 2.34. The smallest absolute Gasteiger partial charge is 0.411 e. The van der Waals surface area contributed by atoms with E-state index >= 15 is 0 Å². The third kappa shape index (κ3) is 7.58. The molecule has 2 aromatic heterocycles. The summed E-state index contributed by atoms with van der Waals surface area (Å²) in [5.74, 6) is -0.249. The highest BCUT2D eigenvalue weighted by molar-refractivity contribution is 6.30. The highest BCUT2D eigenvalue weighted by atomic mass is 35.5. The lowest BCUT2D eigenvalue weighted by atomic mass is 9.96. The molecule has 2 aliphatic rings. The van der Waals surface area contributed by atoms with Gasteiger partial charge in [-0.2, -0.15) is 4.68 Å². The molecule has 4 aromatic rings. The molecular weight excluding hydrogens is 622 g/mol. The molecule has 14 heteroatoms. The van der Waals surface area contributed by atoms with Crippen LogP contribution in [0.5, 0.6) is 0 Å². The first-order chi connectivity index (χ1) is 22.9. The average molecular weight is 656 g/mol. The molecule has 3 N–H and O–H groups in total. The Morgan fingerprint density at radius 3 is 2.66 bits per heavy atom. The maximum atomic E-state index is 13.5. The SMILES string of the molecule is COC(=O)Nc1ccc2c(c1)N[C@@H](C(=O)N1CCC1)CCCC[C@H](NC(=O)/C=C/c1cc(Cl)ccc1-n1cnnn1)c1cc-2ccn1. The quantitative estimate of drug-likeness (QED) is 0.243. The van der Waals surface area contributed by atoms with E-state index in [0.29, 0.717) is 46.2 Å². The van der Waals surface area contributed by atoms with Gasteiger partial charge >= 0.3 is 6.09 Å². The molecule has 0 spiro atoms. The van der Waals surface area contributed by atoms with Crippen LogP contribution in [0.2, 0.25) is 5.02 Å². The molecular formula is C33H34ClN9O4. The molecule has 242 valence electrons. The fourth-order valence-electron chi connectivity index (χ4n) is 5.69. The van der Waals surface area contributed by atoms with Gasteiger partial charge in [0.15, 0.2) is 0 Å². The first-order valence-electron chi connectivity index (χ1n) is 15.4. The zero-order valence-corrected chi connectivity index (χ0v) is 26.5. The van der Waals surface area contributed by atoms with Crippen molar-refractivity contribution in [2.45, 2.75) is 44.2 Å². The number of rotatable bonds is 6. The molecule has 1 saturated heterocycles. The van der Waals surface area contributed by atoms with Crippen molar-refractivity contribution < 1.29 is 19.1 Å². The minimum atomic E-state index is -0.591. The van der Waals surface area contributed by atoms with E-state index in [1.54, 1.807) is 42.6 Å². The second kappa shape index (κ2) is 14.4. The van der Waals surface area contributed by atoms with Gasteiger partial charge in [0.2, 0.25) is 11.8 Å². The molecule has 47 heavy (non-hydrogen) atoms. The molecule has 6 rings (SSSR count). The number of hydrogen-bond acceptors (Lipinski definition) is 9. The number of amides is 3. The number of ether oxygens (including phenoxy) is 1. The van der Waals surface area contributed by atoms with Crippen LogP contribution in [-0.4, -0.2) is 74.2 Å². The van der Waals surface area contributed by atoms with E-state index in [9.17, 15) is 14.4 Å². The number of tetrazole rings is 1. The summed E-state index contributed by atoms with van der Waals surface area (Å²) in [6, 6.07) is 13.7. The second-order valence-electron chi connectivity index (χ2n) is 11.4. The van der Waals surface area contributed by atoms with Crippen molar-refractivity contribution in [1.29, 1.82) is 0 Å². The Labute approximate surface area is 276 Å². The van der Waals surface area contributed by atoms with Gasteiger partial charge in [0.25, 0.3) is 0 Å². The highest BCUT2D eigenvalue weighted by Gasteiger charge is 2.29. The van der Waals surface area contributed by atoms with Crippen LogP contribution in [0.3, 0.4) is 0 Å². The van der Waals surface area contributed by atoms with Gasteiger partial charge in [-0.3, -0.25) is 19.9 Å². The summed E-state index contributed by atoms with van der Waals surface area (Å²) in [5.41, 5.74) is 4.94. The number of aromatic nitrogens is 5. The van der Waals surface area contributed by atoms with Crippen LogP contribution in [0.4, 0.5) is 16.2 Å². The number of methoxy groups -OCH3 is 1. The van der Waals surface area contributed by atoms with Gasteiger partial charge in [0, 0.05) is 52.9 Å². The molecule has 2 aliphatic heterocycles. The zero-order valence-electron chi connectivity index (χ0n) is 25.7. The van der Waals surface area contributed by atoms with Crippen LogP contribution in [0.1, 0.15) is 49.4 Å². The molecule has 0 aliphatic carbocycles. The Morgan fingerprint density at radius 2 is 1.89 bits per heavy atom. The van der Waals surface area contributed by atoms with Crippen LogP contribution in [-0.2, 0) is 14.3 Å². The minimum Gasteiger partial charge on any atom is -0.453 e. The lowest BCUT2D eigenvalue weighted by Crippen LogP contribution is -2.49. The standard InChI is InChI=1S/C33H34ClN9O4/c1-47-33(46)37-24-9-10-25-21-13-14-35-29(18-21)26(5-2-3-6-27(38-28(25)19-24)32(45)42-15-4-16-42)39-31(44)12-7-22-17-23(34)8-11-30(22)43-20-36-40-41-43/h7-14,17-20,26-27,38H,2-6,15-16H2,1H3,(H,37,46)(H,39,44)/b12-7+/t26-,27+/m0/s1. The molecule has 1 fully saturated rings. The Kier molecular flexibility index (Phi) is 9.72. The van der Waals surface area contributed by atoms with Crippen molar-refractivity contribution in [2.75, 3.05) is 30.8 Å². The Hall–Kier alpha value is -5.30. The van der Waals surface area contributed by atoms with Gasteiger partial charge in [-0.25, -0.2) is 4.79 Å². The van der Waals surface area contributed by atoms with E-state index in [0.717, 1.165) is 43.5 Å². The predicted molar refractivity (Wildman–Crippen MR) is 177 cm³/mol. The number of nitrogens with one attached hydrogen (secondary N) is 3. The van der Waals surface area contributed by atoms with Crippen molar-refractivity contribution >= 4 is 47.0 Å². The predicted octanol–water partition coefficient (Wildman–Crippen LogP) is 5.01. The number of benzene rings is 2. The summed E-state index contributed by atoms with van der Waals surface area (Å²) in [6.07, 6.45) is 9.43. The zero-order chi connectivity index (χ0) is 32.8. The molecule has 0 saturated carbocycles. The van der Waals surface area contributed by atoms with Crippen molar-refractivity contribution in [2.24, 2.45) is 0 Å². The lowest BCUT2D eigenvalue weighted by molar-refractivity contribution is -0.135. The van der Waals surface area contributed by atoms with Gasteiger partial charge < -0.3 is 20.3 Å². The number of pyridine rings is 1. The Bertz CT molecular complexity index is 1790. The topological polar surface area (TPSA) is 156 Å². The summed E-state index contributed by atoms with van der Waals surface area (Å²) in [4.78, 5) is 45.3. The number of likely N-dealkylation sites (tertiary alicyclic amines) is 1. The summed E-state index contributed by atoms with van der Waals surface area (Å²) in [6.45, 7) is 1.49. The van der Waals surface area contributed by atoms with Crippen LogP contribution in [0.25, 0.3) is 22.9 Å². The average Bonchev–Trinajstić information content (AvgIpc) is 3.58. The van der Waals surface area contributed by atoms with Gasteiger partial charge in [-0.15, -0.1) is 5.10 Å². The maximum Gasteiger partial charge on any atom is 0.411 e. The minimum absolute atomic E-state index is 0.0538. The fourth-order valence-corrected chi connectivity index (χ4v) is 5.87. The largest absolute Gasteiger partial charge is 0.453 e. The first kappa shape index (κ1) is 31.7. The van der Waals surface area contributed by atoms with Gasteiger partial charge in [-0.05, 0) is 83.8 Å². The van der Waals surface area contributed by atoms with Crippen LogP contribution in [0, 0.1) is 0 Å². The summed E-state index contributed by atoms with van der Waals surface area (Å²) in [5, 5.41) is 21.2. The first-order valence-corrected chi connectivity index (χ1v) is 15.8. The van der Waals surface area contributed by atoms with Gasteiger partial charge in [-0.1, -0.05) is 30.5 Å². The van der Waals surface area contributed by atoms with Crippen molar-refractivity contribution in [3.8, 4) is 16.8 Å². The van der Waals surface area contributed by atoms with Gasteiger partial charge in [0.05, 0.1) is 24.5 Å². The fraction of sp³-hybridized carbons (Fsp3) is 0.303. The lowest BCUT2D eigenvalue weighted by Gasteiger charge is -2.35. The van der Waals surface area contributed by atoms with Gasteiger partial charge in [0.1, 0.15) is 12.4 Å². The van der Waals surface area contributed by atoms with E-state index in [2.05, 4.69) is 36.5 Å². The van der Waals surface area contributed by atoms with E-state index < -0.39 is 12.1 Å². The number of halogens is 1. The van der Waals surface area contributed by atoms with Crippen molar-refractivity contribution in [3.05, 3.63) is 83.4 Å². The molecule has 3 amide bonds. The number of carbonyl (C=O) groups excluding carboxylic acids is 3. The summed E-state index contributed by atoms with van der Waals surface area (Å²) in [7, 11) is 1.30. The number of fused-ring (bicyclic) bond motifs is 4. The summed E-state index contributed by atoms with van der Waals surface area (Å²) >= 11 is 6.25. The molecule has 2 aromatic carbocycles. The molecule has 4 heterocycles. The van der Waals surface area contributed by atoms with Crippen molar-refractivity contribution in [3.63, 3.8) is 0 Å². The number of carbonyl (C=O) groups is 3. The van der Waals surface area contributed by atoms with Crippen molar-refractivity contribution in [1.82, 2.24) is 35.4 Å². The van der Waals surface area contributed by atoms with Crippen LogP contribution >= 0.6 is 11.6 Å². The third-order valence-electron chi connectivity index (χ3n) is 8.25. The van der Waals surface area contributed by atoms with Crippen LogP contribution < -0.4 is 16.0 Å². The van der Waals surface area contributed by atoms with E-state index in [1.165, 1.54) is 24.2 Å². The van der Waals surface area contributed by atoms with E-state index in [1.807, 2.05) is 23.1 Å². The Morgan fingerprint density at radius 1 is 1.04 bits per heavy atom. The monoisotopic (exact) mass is 655 g/mol. The van der Waals surface area contributed by atoms with Crippen LogP contribution in [0.15, 0.2) is 67.1 Å². The summed E-state index contributed by atoms with van der Waals surface area (Å²) < 4.78 is 6.28. The molecule has 0 radical (unpaired) electrons. The molecule has 2 bridgehead atoms. The Balaban J connectivity index is 1.29. The second-order valence-corrected chi connectivity index (χ2v) is 11.8.